The van der Waals surface area contributed by atoms with Crippen LogP contribution in [0.1, 0.15) is 64.5 Å². The Balaban J connectivity index is 1.45. The molecule has 0 radical (unpaired) electrons. The van der Waals surface area contributed by atoms with Gasteiger partial charge in [-0.05, 0) is 55.5 Å². The van der Waals surface area contributed by atoms with Crippen molar-refractivity contribution in [1.29, 1.82) is 0 Å². The van der Waals surface area contributed by atoms with E-state index in [2.05, 4.69) is 29.4 Å². The average Bonchev–Trinajstić information content (AvgIpc) is 3.31. The minimum absolute atomic E-state index is 0.0816. The predicted molar refractivity (Wildman–Crippen MR) is 130 cm³/mol. The Morgan fingerprint density at radius 3 is 2.45 bits per heavy atom. The molecule has 3 aromatic rings. The summed E-state index contributed by atoms with van der Waals surface area (Å²) in [5.74, 6) is -0.0500. The largest absolute Gasteiger partial charge is 0.320 e. The van der Waals surface area contributed by atoms with Gasteiger partial charge in [-0.25, -0.2) is 8.42 Å². The van der Waals surface area contributed by atoms with Gasteiger partial charge in [0.1, 0.15) is 5.01 Å². The lowest BCUT2D eigenvalue weighted by molar-refractivity contribution is 0.102. The number of nitrogens with one attached hydrogen (secondary N) is 1. The van der Waals surface area contributed by atoms with Gasteiger partial charge >= 0.3 is 0 Å². The molecular weight excluding hydrogens is 456 g/mol. The van der Waals surface area contributed by atoms with Crippen LogP contribution in [0.25, 0.3) is 0 Å². The molecule has 0 aliphatic carbocycles. The van der Waals surface area contributed by atoms with Gasteiger partial charge in [-0.15, -0.1) is 10.2 Å². The molecule has 2 aromatic carbocycles. The highest BCUT2D eigenvalue weighted by Crippen LogP contribution is 2.32. The van der Waals surface area contributed by atoms with Crippen molar-refractivity contribution >= 4 is 33.0 Å². The molecule has 1 aliphatic heterocycles. The van der Waals surface area contributed by atoms with Crippen LogP contribution in [0.5, 0.6) is 0 Å². The fourth-order valence-corrected chi connectivity index (χ4v) is 6.24. The summed E-state index contributed by atoms with van der Waals surface area (Å²) in [4.78, 5) is 12.9. The monoisotopic (exact) mass is 484 g/mol. The van der Waals surface area contributed by atoms with E-state index in [9.17, 15) is 13.2 Å². The number of hydrogen-bond donors (Lipinski definition) is 1. The van der Waals surface area contributed by atoms with Crippen molar-refractivity contribution < 1.29 is 13.2 Å². The first-order valence-corrected chi connectivity index (χ1v) is 13.3. The third-order valence-electron chi connectivity index (χ3n) is 5.86. The Bertz CT molecular complexity index is 1220. The van der Waals surface area contributed by atoms with Gasteiger partial charge in [0.2, 0.25) is 15.0 Å². The van der Waals surface area contributed by atoms with E-state index in [4.69, 9.17) is 0 Å². The lowest BCUT2D eigenvalue weighted by atomic mass is 10.0. The molecule has 4 rings (SSSR count). The van der Waals surface area contributed by atoms with E-state index >= 15 is 0 Å². The Morgan fingerprint density at radius 2 is 1.79 bits per heavy atom. The number of amides is 1. The summed E-state index contributed by atoms with van der Waals surface area (Å²) in [6.07, 6.45) is 1.55. The molecular formula is C24H28N4O3S2. The van der Waals surface area contributed by atoms with Crippen LogP contribution in [0.2, 0.25) is 0 Å². The molecule has 1 N–H and O–H groups in total. The van der Waals surface area contributed by atoms with Crippen LogP contribution in [0.4, 0.5) is 5.69 Å². The summed E-state index contributed by atoms with van der Waals surface area (Å²) in [6.45, 7) is 6.95. The smallest absolute Gasteiger partial charge is 0.286 e. The van der Waals surface area contributed by atoms with Gasteiger partial charge in [-0.3, -0.25) is 4.79 Å². The number of sulfonamides is 1. The van der Waals surface area contributed by atoms with Crippen molar-refractivity contribution in [1.82, 2.24) is 14.5 Å². The van der Waals surface area contributed by atoms with E-state index in [-0.39, 0.29) is 16.8 Å². The Kier molecular flexibility index (Phi) is 6.92. The maximum absolute atomic E-state index is 13.2. The first kappa shape index (κ1) is 23.5. The highest BCUT2D eigenvalue weighted by Gasteiger charge is 2.33. The molecule has 1 saturated heterocycles. The van der Waals surface area contributed by atoms with Crippen molar-refractivity contribution in [3.63, 3.8) is 0 Å². The number of anilines is 1. The molecule has 174 valence electrons. The maximum atomic E-state index is 13.2. The van der Waals surface area contributed by atoms with E-state index < -0.39 is 10.0 Å². The molecule has 1 aliphatic rings. The van der Waals surface area contributed by atoms with E-state index in [0.717, 1.165) is 24.0 Å². The zero-order valence-corrected chi connectivity index (χ0v) is 20.6. The number of carbonyl (C=O) groups is 1. The second-order valence-corrected chi connectivity index (χ2v) is 11.6. The van der Waals surface area contributed by atoms with Crippen LogP contribution < -0.4 is 5.32 Å². The topological polar surface area (TPSA) is 92.3 Å². The number of hydrogen-bond acceptors (Lipinski definition) is 6. The number of aromatic nitrogens is 2. The summed E-state index contributed by atoms with van der Waals surface area (Å²) >= 11 is 1.23. The molecule has 9 heteroatoms. The van der Waals surface area contributed by atoms with Crippen molar-refractivity contribution in [2.75, 3.05) is 18.4 Å². The minimum atomic E-state index is -3.59. The van der Waals surface area contributed by atoms with Gasteiger partial charge in [0.05, 0.1) is 4.90 Å². The number of piperidine rings is 1. The summed E-state index contributed by atoms with van der Waals surface area (Å²) in [6, 6.07) is 14.7. The van der Waals surface area contributed by atoms with E-state index in [1.54, 1.807) is 12.1 Å². The van der Waals surface area contributed by atoms with E-state index in [1.807, 2.05) is 43.3 Å². The highest BCUT2D eigenvalue weighted by atomic mass is 32.2. The summed E-state index contributed by atoms with van der Waals surface area (Å²) < 4.78 is 28.0. The van der Waals surface area contributed by atoms with Gasteiger partial charge in [-0.2, -0.15) is 4.31 Å². The van der Waals surface area contributed by atoms with Crippen LogP contribution >= 0.6 is 11.3 Å². The van der Waals surface area contributed by atoms with Crippen LogP contribution in [0.15, 0.2) is 53.4 Å². The molecule has 1 aromatic heterocycles. The fraction of sp³-hybridized carbons (Fsp3) is 0.375. The molecule has 1 fully saturated rings. The second-order valence-electron chi connectivity index (χ2n) is 8.69. The zero-order chi connectivity index (χ0) is 23.6. The van der Waals surface area contributed by atoms with Gasteiger partial charge in [0.25, 0.3) is 5.91 Å². The molecule has 1 amide bonds. The third-order valence-corrected chi connectivity index (χ3v) is 8.83. The molecule has 0 bridgehead atoms. The molecule has 1 unspecified atom stereocenters. The van der Waals surface area contributed by atoms with Gasteiger partial charge in [-0.1, -0.05) is 55.0 Å². The molecule has 0 saturated carbocycles. The van der Waals surface area contributed by atoms with Crippen LogP contribution in [0.3, 0.4) is 0 Å². The Morgan fingerprint density at radius 1 is 1.09 bits per heavy atom. The zero-order valence-electron chi connectivity index (χ0n) is 19.0. The molecule has 7 nitrogen and oxygen atoms in total. The van der Waals surface area contributed by atoms with E-state index in [0.29, 0.717) is 34.6 Å². The lowest BCUT2D eigenvalue weighted by Crippen LogP contribution is -2.39. The second kappa shape index (κ2) is 9.70. The van der Waals surface area contributed by atoms with Gasteiger partial charge < -0.3 is 5.32 Å². The summed E-state index contributed by atoms with van der Waals surface area (Å²) in [5, 5.41) is 12.1. The number of carbonyl (C=O) groups excluding carboxylic acids is 1. The third kappa shape index (κ3) is 5.31. The number of rotatable bonds is 6. The van der Waals surface area contributed by atoms with E-state index in [1.165, 1.54) is 15.6 Å². The van der Waals surface area contributed by atoms with Crippen LogP contribution in [-0.2, 0) is 10.0 Å². The first-order chi connectivity index (χ1) is 15.7. The lowest BCUT2D eigenvalue weighted by Gasteiger charge is -2.30. The highest BCUT2D eigenvalue weighted by molar-refractivity contribution is 7.89. The molecule has 1 atom stereocenters. The fourth-order valence-electron chi connectivity index (χ4n) is 3.85. The first-order valence-electron chi connectivity index (χ1n) is 11.1. The average molecular weight is 485 g/mol. The van der Waals surface area contributed by atoms with Gasteiger partial charge in [0.15, 0.2) is 0 Å². The number of benzene rings is 2. The van der Waals surface area contributed by atoms with Gasteiger partial charge in [0, 0.05) is 24.7 Å². The normalized spacial score (nSPS) is 17.3. The minimum Gasteiger partial charge on any atom is -0.320 e. The quantitative estimate of drug-likeness (QED) is 0.543. The van der Waals surface area contributed by atoms with Crippen LogP contribution in [0, 0.1) is 6.92 Å². The maximum Gasteiger partial charge on any atom is 0.286 e. The predicted octanol–water partition coefficient (Wildman–Crippen LogP) is 4.79. The molecule has 33 heavy (non-hydrogen) atoms. The number of aryl methyl sites for hydroxylation is 1. The Labute approximate surface area is 198 Å². The molecule has 0 spiro atoms. The summed E-state index contributed by atoms with van der Waals surface area (Å²) in [5.41, 5.74) is 2.91. The van der Waals surface area contributed by atoms with Crippen molar-refractivity contribution in [3.05, 3.63) is 69.7 Å². The summed E-state index contributed by atoms with van der Waals surface area (Å²) in [7, 11) is -3.59. The SMILES string of the molecule is Cc1ccc(NC(=O)c2nnc(C3CCCN(S(=O)(=O)c4ccc(C(C)C)cc4)C3)s2)cc1. The standard InChI is InChI=1S/C24H28N4O3S2/c1-16(2)18-8-12-21(13-9-18)33(30,31)28-14-4-5-19(15-28)23-26-27-24(32-23)22(29)25-20-10-6-17(3)7-11-20/h6-13,16,19H,4-5,14-15H2,1-3H3,(H,25,29). The van der Waals surface area contributed by atoms with Crippen molar-refractivity contribution in [2.45, 2.75) is 50.3 Å². The Hall–Kier alpha value is -2.62. The van der Waals surface area contributed by atoms with Crippen molar-refractivity contribution in [3.8, 4) is 0 Å². The van der Waals surface area contributed by atoms with Crippen LogP contribution in [-0.4, -0.2) is 41.9 Å². The number of nitrogens with zero attached hydrogens (tertiary/aromatic N) is 3. The van der Waals surface area contributed by atoms with Crippen molar-refractivity contribution in [2.24, 2.45) is 0 Å². The molecule has 2 heterocycles.